The summed E-state index contributed by atoms with van der Waals surface area (Å²) in [6, 6.07) is 15.3. The molecule has 0 amide bonds. The first-order chi connectivity index (χ1) is 17.0. The Balaban J connectivity index is 1.33. The topological polar surface area (TPSA) is 27.7 Å². The molecule has 6 heteroatoms. The van der Waals surface area contributed by atoms with E-state index in [2.05, 4.69) is 0 Å². The van der Waals surface area contributed by atoms with Crippen LogP contribution in [0.1, 0.15) is 55.2 Å². The maximum absolute atomic E-state index is 15.0. The predicted octanol–water partition coefficient (Wildman–Crippen LogP) is 7.56. The van der Waals surface area contributed by atoms with Gasteiger partial charge in [-0.15, -0.1) is 0 Å². The Labute approximate surface area is 204 Å². The molecule has 1 fully saturated rings. The van der Waals surface area contributed by atoms with Crippen molar-refractivity contribution in [1.82, 2.24) is 0 Å². The van der Waals surface area contributed by atoms with Crippen molar-refractivity contribution in [1.29, 1.82) is 0 Å². The normalized spacial score (nSPS) is 18.0. The third kappa shape index (κ3) is 6.06. The van der Waals surface area contributed by atoms with Crippen molar-refractivity contribution in [2.24, 2.45) is 0 Å². The van der Waals surface area contributed by atoms with E-state index >= 15 is 4.39 Å². The molecule has 0 spiro atoms. The number of benzene rings is 3. The maximum Gasteiger partial charge on any atom is 0.166 e. The molecular formula is C29H31F3O3. The van der Waals surface area contributed by atoms with Gasteiger partial charge in [-0.3, -0.25) is 0 Å². The van der Waals surface area contributed by atoms with Gasteiger partial charge in [0.05, 0.1) is 26.4 Å². The molecule has 35 heavy (non-hydrogen) atoms. The fourth-order valence-corrected chi connectivity index (χ4v) is 4.64. The van der Waals surface area contributed by atoms with Crippen molar-refractivity contribution in [3.8, 4) is 16.9 Å². The number of rotatable bonds is 9. The van der Waals surface area contributed by atoms with Gasteiger partial charge in [0, 0.05) is 17.7 Å². The van der Waals surface area contributed by atoms with Gasteiger partial charge in [0.2, 0.25) is 0 Å². The minimum absolute atomic E-state index is 0.0175. The monoisotopic (exact) mass is 484 g/mol. The van der Waals surface area contributed by atoms with Crippen LogP contribution in [0.25, 0.3) is 11.1 Å². The Hall–Kier alpha value is -2.83. The molecule has 0 aliphatic heterocycles. The number of hydrogen-bond acceptors (Lipinski definition) is 3. The van der Waals surface area contributed by atoms with Gasteiger partial charge in [0.15, 0.2) is 11.6 Å². The van der Waals surface area contributed by atoms with E-state index in [9.17, 15) is 8.78 Å². The fourth-order valence-electron chi connectivity index (χ4n) is 4.64. The largest absolute Gasteiger partial charge is 0.497 e. The molecule has 1 aliphatic rings. The second kappa shape index (κ2) is 11.7. The molecule has 3 aromatic rings. The lowest BCUT2D eigenvalue weighted by Gasteiger charge is -2.29. The number of methoxy groups -OCH3 is 1. The number of hydrogen-bond donors (Lipinski definition) is 0. The summed E-state index contributed by atoms with van der Waals surface area (Å²) in [4.78, 5) is 0. The summed E-state index contributed by atoms with van der Waals surface area (Å²) in [5.74, 6) is -1.27. The van der Waals surface area contributed by atoms with E-state index in [0.717, 1.165) is 18.4 Å². The van der Waals surface area contributed by atoms with Crippen LogP contribution in [-0.2, 0) is 22.7 Å². The molecule has 0 aromatic heterocycles. The predicted molar refractivity (Wildman–Crippen MR) is 130 cm³/mol. The van der Waals surface area contributed by atoms with Crippen LogP contribution in [0.4, 0.5) is 13.2 Å². The highest BCUT2D eigenvalue weighted by molar-refractivity contribution is 5.65. The van der Waals surface area contributed by atoms with Gasteiger partial charge in [-0.1, -0.05) is 36.4 Å². The molecular weight excluding hydrogens is 453 g/mol. The lowest BCUT2D eigenvalue weighted by molar-refractivity contribution is 0.0130. The third-order valence-electron chi connectivity index (χ3n) is 6.69. The summed E-state index contributed by atoms with van der Waals surface area (Å²) in [6.07, 6.45) is 2.94. The molecule has 1 aliphatic carbocycles. The molecule has 0 saturated heterocycles. The number of ether oxygens (including phenoxy) is 3. The highest BCUT2D eigenvalue weighted by Crippen LogP contribution is 2.38. The van der Waals surface area contributed by atoms with Crippen molar-refractivity contribution < 1.29 is 27.4 Å². The lowest BCUT2D eigenvalue weighted by Crippen LogP contribution is -2.21. The second-order valence-corrected chi connectivity index (χ2v) is 8.91. The van der Waals surface area contributed by atoms with E-state index in [0.29, 0.717) is 48.5 Å². The van der Waals surface area contributed by atoms with E-state index < -0.39 is 11.6 Å². The van der Waals surface area contributed by atoms with Gasteiger partial charge in [-0.2, -0.15) is 0 Å². The number of halogens is 3. The van der Waals surface area contributed by atoms with E-state index in [1.54, 1.807) is 49.6 Å². The third-order valence-corrected chi connectivity index (χ3v) is 6.69. The Morgan fingerprint density at radius 2 is 1.57 bits per heavy atom. The SMILES string of the molecule is CCOCc1ccc(COC2CCC(c3ccc(-c4ccc(OC)cc4)c(F)c3F)CC2)cc1F. The zero-order chi connectivity index (χ0) is 24.8. The smallest absolute Gasteiger partial charge is 0.166 e. The first-order valence-electron chi connectivity index (χ1n) is 12.1. The summed E-state index contributed by atoms with van der Waals surface area (Å²) in [7, 11) is 1.56. The standard InChI is InChI=1S/C29H31F3O3/c1-3-34-18-22-5-4-19(16-27(22)30)17-35-24-12-8-21(9-13-24)26-15-14-25(28(31)29(26)32)20-6-10-23(33-2)11-7-20/h4-7,10-11,14-16,21,24H,3,8-9,12-13,17-18H2,1-2H3. The molecule has 0 unspecified atom stereocenters. The van der Waals surface area contributed by atoms with Gasteiger partial charge >= 0.3 is 0 Å². The molecule has 4 rings (SSSR count). The maximum atomic E-state index is 15.0. The van der Waals surface area contributed by atoms with Crippen LogP contribution in [0.15, 0.2) is 54.6 Å². The molecule has 0 heterocycles. The lowest BCUT2D eigenvalue weighted by atomic mass is 9.82. The van der Waals surface area contributed by atoms with E-state index in [1.165, 1.54) is 6.07 Å². The minimum Gasteiger partial charge on any atom is -0.497 e. The van der Waals surface area contributed by atoms with E-state index in [4.69, 9.17) is 14.2 Å². The van der Waals surface area contributed by atoms with Crippen molar-refractivity contribution in [3.63, 3.8) is 0 Å². The Kier molecular flexibility index (Phi) is 8.47. The molecule has 0 atom stereocenters. The van der Waals surface area contributed by atoms with E-state index in [-0.39, 0.29) is 30.0 Å². The van der Waals surface area contributed by atoms with Gasteiger partial charge in [0.25, 0.3) is 0 Å². The Bertz CT molecular complexity index is 1120. The van der Waals surface area contributed by atoms with Gasteiger partial charge in [-0.25, -0.2) is 13.2 Å². The molecule has 0 radical (unpaired) electrons. The molecule has 186 valence electrons. The minimum atomic E-state index is -0.819. The van der Waals surface area contributed by atoms with Crippen LogP contribution in [0.2, 0.25) is 0 Å². The van der Waals surface area contributed by atoms with Crippen molar-refractivity contribution >= 4 is 0 Å². The van der Waals surface area contributed by atoms with Crippen LogP contribution in [0, 0.1) is 17.5 Å². The fraction of sp³-hybridized carbons (Fsp3) is 0.379. The Morgan fingerprint density at radius 3 is 2.23 bits per heavy atom. The quantitative estimate of drug-likeness (QED) is 0.314. The average Bonchev–Trinajstić information content (AvgIpc) is 2.89. The summed E-state index contributed by atoms with van der Waals surface area (Å²) >= 11 is 0. The zero-order valence-electron chi connectivity index (χ0n) is 20.2. The molecule has 1 saturated carbocycles. The van der Waals surface area contributed by atoms with Crippen LogP contribution in [0.5, 0.6) is 5.75 Å². The average molecular weight is 485 g/mol. The second-order valence-electron chi connectivity index (χ2n) is 8.91. The summed E-state index contributed by atoms with van der Waals surface area (Å²) in [5, 5.41) is 0. The summed E-state index contributed by atoms with van der Waals surface area (Å²) in [5.41, 5.74) is 2.57. The van der Waals surface area contributed by atoms with Crippen molar-refractivity contribution in [2.45, 2.75) is 57.8 Å². The highest BCUT2D eigenvalue weighted by Gasteiger charge is 2.27. The zero-order valence-corrected chi connectivity index (χ0v) is 20.2. The highest BCUT2D eigenvalue weighted by atomic mass is 19.2. The van der Waals surface area contributed by atoms with Crippen LogP contribution >= 0.6 is 0 Å². The molecule has 3 nitrogen and oxygen atoms in total. The molecule has 0 N–H and O–H groups in total. The molecule has 3 aromatic carbocycles. The van der Waals surface area contributed by atoms with Crippen LogP contribution in [0.3, 0.4) is 0 Å². The van der Waals surface area contributed by atoms with Gasteiger partial charge in [-0.05, 0) is 73.4 Å². The van der Waals surface area contributed by atoms with Crippen molar-refractivity contribution in [3.05, 3.63) is 88.7 Å². The summed E-state index contributed by atoms with van der Waals surface area (Å²) in [6.45, 7) is 2.99. The first kappa shape index (κ1) is 25.3. The van der Waals surface area contributed by atoms with Crippen LogP contribution < -0.4 is 4.74 Å². The van der Waals surface area contributed by atoms with Crippen LogP contribution in [-0.4, -0.2) is 19.8 Å². The molecule has 0 bridgehead atoms. The Morgan fingerprint density at radius 1 is 0.829 bits per heavy atom. The first-order valence-corrected chi connectivity index (χ1v) is 12.1. The van der Waals surface area contributed by atoms with E-state index in [1.807, 2.05) is 13.0 Å². The van der Waals surface area contributed by atoms with Gasteiger partial charge < -0.3 is 14.2 Å². The van der Waals surface area contributed by atoms with Crippen molar-refractivity contribution in [2.75, 3.05) is 13.7 Å². The summed E-state index contributed by atoms with van der Waals surface area (Å²) < 4.78 is 60.6. The van der Waals surface area contributed by atoms with Gasteiger partial charge in [0.1, 0.15) is 11.6 Å².